The van der Waals surface area contributed by atoms with Crippen LogP contribution in [-0.4, -0.2) is 30.6 Å². The summed E-state index contributed by atoms with van der Waals surface area (Å²) in [5, 5.41) is 15.9. The molecule has 6 heteroatoms. The molecule has 0 spiro atoms. The number of hydrogen-bond acceptors (Lipinski definition) is 5. The molecule has 2 rings (SSSR count). The molecule has 126 valence electrons. The maximum Gasteiger partial charge on any atom is 0.310 e. The van der Waals surface area contributed by atoms with Gasteiger partial charge in [-0.3, -0.25) is 9.59 Å². The van der Waals surface area contributed by atoms with Crippen molar-refractivity contribution in [2.45, 2.75) is 6.42 Å². The summed E-state index contributed by atoms with van der Waals surface area (Å²) in [5.41, 5.74) is 1.84. The van der Waals surface area contributed by atoms with E-state index in [4.69, 9.17) is 4.74 Å². The largest absolute Gasteiger partial charge is 0.508 e. The molecule has 0 aliphatic heterocycles. The molecule has 0 bridgehead atoms. The fourth-order valence-electron chi connectivity index (χ4n) is 2.15. The quantitative estimate of drug-likeness (QED) is 0.597. The van der Waals surface area contributed by atoms with E-state index in [9.17, 15) is 14.7 Å². The first-order valence-electron chi connectivity index (χ1n) is 7.42. The van der Waals surface area contributed by atoms with Crippen LogP contribution in [-0.2, 0) is 20.7 Å². The summed E-state index contributed by atoms with van der Waals surface area (Å²) in [6.45, 7) is 0.181. The Labute approximate surface area is 144 Å². The third kappa shape index (κ3) is 5.55. The SMILES string of the molecule is COC(=O)[C@H](CNC(=O)/C=C\c1ccsc1)Cc1ccc(O)cc1. The van der Waals surface area contributed by atoms with Gasteiger partial charge in [0.25, 0.3) is 0 Å². The lowest BCUT2D eigenvalue weighted by atomic mass is 9.99. The van der Waals surface area contributed by atoms with Gasteiger partial charge in [-0.25, -0.2) is 0 Å². The molecule has 1 amide bonds. The van der Waals surface area contributed by atoms with Gasteiger partial charge < -0.3 is 15.2 Å². The second kappa shape index (κ2) is 8.88. The van der Waals surface area contributed by atoms with Crippen molar-refractivity contribution in [3.8, 4) is 5.75 Å². The van der Waals surface area contributed by atoms with E-state index in [0.717, 1.165) is 11.1 Å². The first-order valence-corrected chi connectivity index (χ1v) is 8.36. The average Bonchev–Trinajstić information content (AvgIpc) is 3.11. The Bertz CT molecular complexity index is 692. The molecule has 24 heavy (non-hydrogen) atoms. The van der Waals surface area contributed by atoms with E-state index in [2.05, 4.69) is 5.32 Å². The number of rotatable bonds is 7. The second-order valence-corrected chi connectivity index (χ2v) is 6.01. The number of phenols is 1. The highest BCUT2D eigenvalue weighted by Crippen LogP contribution is 2.14. The summed E-state index contributed by atoms with van der Waals surface area (Å²) in [5.74, 6) is -0.968. The molecule has 5 nitrogen and oxygen atoms in total. The van der Waals surface area contributed by atoms with E-state index in [1.165, 1.54) is 13.2 Å². The molecule has 0 aliphatic rings. The lowest BCUT2D eigenvalue weighted by Crippen LogP contribution is -2.33. The van der Waals surface area contributed by atoms with Gasteiger partial charge in [-0.2, -0.15) is 11.3 Å². The van der Waals surface area contributed by atoms with E-state index < -0.39 is 5.92 Å². The van der Waals surface area contributed by atoms with Gasteiger partial charge in [0, 0.05) is 12.6 Å². The standard InChI is InChI=1S/C18H19NO4S/c1-23-18(22)15(10-13-2-5-16(20)6-3-13)11-19-17(21)7-4-14-8-9-24-12-14/h2-9,12,15,20H,10-11H2,1H3,(H,19,21)/b7-4-/t15-/m0/s1. The molecule has 2 N–H and O–H groups in total. The maximum atomic E-state index is 11.9. The maximum absolute atomic E-state index is 11.9. The topological polar surface area (TPSA) is 75.6 Å². The van der Waals surface area contributed by atoms with E-state index in [1.807, 2.05) is 16.8 Å². The molecule has 1 aromatic heterocycles. The fraction of sp³-hybridized carbons (Fsp3) is 0.222. The van der Waals surface area contributed by atoms with Gasteiger partial charge >= 0.3 is 5.97 Å². The third-order valence-corrected chi connectivity index (χ3v) is 4.15. The zero-order valence-corrected chi connectivity index (χ0v) is 14.1. The highest BCUT2D eigenvalue weighted by molar-refractivity contribution is 7.08. The van der Waals surface area contributed by atoms with Gasteiger partial charge in [0.2, 0.25) is 5.91 Å². The highest BCUT2D eigenvalue weighted by atomic mass is 32.1. The minimum atomic E-state index is -0.488. The van der Waals surface area contributed by atoms with E-state index in [0.29, 0.717) is 6.42 Å². The van der Waals surface area contributed by atoms with Crippen LogP contribution in [0.5, 0.6) is 5.75 Å². The Morgan fingerprint density at radius 3 is 2.67 bits per heavy atom. The Hall–Kier alpha value is -2.60. The minimum Gasteiger partial charge on any atom is -0.508 e. The van der Waals surface area contributed by atoms with Crippen molar-refractivity contribution in [3.63, 3.8) is 0 Å². The molecular weight excluding hydrogens is 326 g/mol. The van der Waals surface area contributed by atoms with Crippen LogP contribution in [0.4, 0.5) is 0 Å². The molecular formula is C18H19NO4S. The van der Waals surface area contributed by atoms with Crippen LogP contribution >= 0.6 is 11.3 Å². The number of phenolic OH excluding ortho intramolecular Hbond substituents is 1. The number of aromatic hydroxyl groups is 1. The summed E-state index contributed by atoms with van der Waals surface area (Å²) in [6.07, 6.45) is 3.58. The zero-order valence-electron chi connectivity index (χ0n) is 13.3. The summed E-state index contributed by atoms with van der Waals surface area (Å²) in [7, 11) is 1.32. The van der Waals surface area contributed by atoms with Gasteiger partial charge in [-0.05, 0) is 52.6 Å². The van der Waals surface area contributed by atoms with Gasteiger partial charge in [0.1, 0.15) is 5.75 Å². The van der Waals surface area contributed by atoms with Crippen LogP contribution in [0.1, 0.15) is 11.1 Å². The van der Waals surface area contributed by atoms with Crippen LogP contribution in [0.3, 0.4) is 0 Å². The number of carbonyl (C=O) groups is 2. The van der Waals surface area contributed by atoms with E-state index in [1.54, 1.807) is 41.7 Å². The Balaban J connectivity index is 1.92. The third-order valence-electron chi connectivity index (χ3n) is 3.45. The number of thiophene rings is 1. The highest BCUT2D eigenvalue weighted by Gasteiger charge is 2.20. The Morgan fingerprint density at radius 2 is 2.04 bits per heavy atom. The minimum absolute atomic E-state index is 0.167. The molecule has 0 saturated carbocycles. The number of benzene rings is 1. The predicted octanol–water partition coefficient (Wildman–Crippen LogP) is 2.62. The van der Waals surface area contributed by atoms with Gasteiger partial charge in [0.05, 0.1) is 13.0 Å². The molecule has 1 heterocycles. The van der Waals surface area contributed by atoms with Crippen molar-refractivity contribution in [3.05, 3.63) is 58.3 Å². The van der Waals surface area contributed by atoms with Crippen molar-refractivity contribution in [2.75, 3.05) is 13.7 Å². The number of esters is 1. The van der Waals surface area contributed by atoms with Crippen molar-refractivity contribution in [1.29, 1.82) is 0 Å². The summed E-state index contributed by atoms with van der Waals surface area (Å²) >= 11 is 1.56. The van der Waals surface area contributed by atoms with Gasteiger partial charge in [0.15, 0.2) is 0 Å². The smallest absolute Gasteiger partial charge is 0.310 e. The molecule has 2 aromatic rings. The monoisotopic (exact) mass is 345 g/mol. The zero-order chi connectivity index (χ0) is 17.4. The van der Waals surface area contributed by atoms with Crippen molar-refractivity contribution in [2.24, 2.45) is 5.92 Å². The summed E-state index contributed by atoms with van der Waals surface area (Å²) < 4.78 is 4.80. The van der Waals surface area contributed by atoms with E-state index in [-0.39, 0.29) is 24.2 Å². The van der Waals surface area contributed by atoms with Crippen LogP contribution in [0.2, 0.25) is 0 Å². The van der Waals surface area contributed by atoms with Gasteiger partial charge in [-0.1, -0.05) is 12.1 Å². The number of ether oxygens (including phenoxy) is 1. The van der Waals surface area contributed by atoms with Crippen molar-refractivity contribution in [1.82, 2.24) is 5.32 Å². The number of hydrogen-bond donors (Lipinski definition) is 2. The molecule has 0 aliphatic carbocycles. The summed E-state index contributed by atoms with van der Waals surface area (Å²) in [6, 6.07) is 8.52. The molecule has 0 radical (unpaired) electrons. The van der Waals surface area contributed by atoms with Crippen molar-refractivity contribution < 1.29 is 19.4 Å². The Morgan fingerprint density at radius 1 is 1.29 bits per heavy atom. The second-order valence-electron chi connectivity index (χ2n) is 5.23. The van der Waals surface area contributed by atoms with Crippen LogP contribution in [0.25, 0.3) is 6.08 Å². The first kappa shape index (κ1) is 17.7. The van der Waals surface area contributed by atoms with Crippen LogP contribution < -0.4 is 5.32 Å². The molecule has 0 unspecified atom stereocenters. The molecule has 1 atom stereocenters. The first-order chi connectivity index (χ1) is 11.6. The fourth-order valence-corrected chi connectivity index (χ4v) is 2.78. The van der Waals surface area contributed by atoms with Crippen LogP contribution in [0.15, 0.2) is 47.2 Å². The average molecular weight is 345 g/mol. The molecule has 0 saturated heterocycles. The number of amides is 1. The lowest BCUT2D eigenvalue weighted by Gasteiger charge is -2.15. The summed E-state index contributed by atoms with van der Waals surface area (Å²) in [4.78, 5) is 23.8. The normalized spacial score (nSPS) is 12.0. The van der Waals surface area contributed by atoms with Gasteiger partial charge in [-0.15, -0.1) is 0 Å². The number of nitrogens with one attached hydrogen (secondary N) is 1. The Kier molecular flexibility index (Phi) is 6.57. The lowest BCUT2D eigenvalue weighted by molar-refractivity contribution is -0.145. The van der Waals surface area contributed by atoms with Crippen molar-refractivity contribution >= 4 is 29.3 Å². The predicted molar refractivity (Wildman–Crippen MR) is 93.7 cm³/mol. The number of methoxy groups -OCH3 is 1. The number of carbonyl (C=O) groups excluding carboxylic acids is 2. The molecule has 1 aromatic carbocycles. The van der Waals surface area contributed by atoms with Crippen LogP contribution in [0, 0.1) is 5.92 Å². The molecule has 0 fully saturated rings. The van der Waals surface area contributed by atoms with E-state index >= 15 is 0 Å².